The number of hydrogen-bond acceptors (Lipinski definition) is 2. The van der Waals surface area contributed by atoms with Crippen LogP contribution in [-0.4, -0.2) is 12.4 Å². The molecule has 0 heterocycles. The molecule has 0 aliphatic rings. The molecule has 0 bridgehead atoms. The number of halogens is 2. The second kappa shape index (κ2) is 7.01. The minimum atomic E-state index is -0.00323. The fourth-order valence-corrected chi connectivity index (χ4v) is 2.33. The standard InChI is InChI=1S/C14H18Cl2O2/c1-4-9(5-2)14(17)10-7-12(16)13(18-6-3)8-11(10)15/h7-9H,4-6H2,1-3H3. The molecule has 0 saturated heterocycles. The van der Waals surface area contributed by atoms with Crippen LogP contribution in [0.5, 0.6) is 5.75 Å². The highest BCUT2D eigenvalue weighted by Gasteiger charge is 2.20. The van der Waals surface area contributed by atoms with Crippen LogP contribution in [0.3, 0.4) is 0 Å². The average Bonchev–Trinajstić information content (AvgIpc) is 2.35. The Morgan fingerprint density at radius 1 is 1.17 bits per heavy atom. The van der Waals surface area contributed by atoms with Crippen LogP contribution in [-0.2, 0) is 0 Å². The molecule has 0 radical (unpaired) electrons. The van der Waals surface area contributed by atoms with E-state index in [1.54, 1.807) is 12.1 Å². The molecular formula is C14H18Cl2O2. The Labute approximate surface area is 118 Å². The van der Waals surface area contributed by atoms with Crippen LogP contribution < -0.4 is 4.74 Å². The van der Waals surface area contributed by atoms with E-state index in [0.717, 1.165) is 12.8 Å². The minimum absolute atomic E-state index is 0.00323. The Morgan fingerprint density at radius 2 is 1.78 bits per heavy atom. The van der Waals surface area contributed by atoms with Gasteiger partial charge in [-0.25, -0.2) is 0 Å². The Balaban J connectivity index is 3.11. The number of hydrogen-bond donors (Lipinski definition) is 0. The van der Waals surface area contributed by atoms with Crippen LogP contribution in [0.2, 0.25) is 10.0 Å². The summed E-state index contributed by atoms with van der Waals surface area (Å²) in [6.45, 7) is 6.37. The van der Waals surface area contributed by atoms with Gasteiger partial charge >= 0.3 is 0 Å². The summed E-state index contributed by atoms with van der Waals surface area (Å²) in [4.78, 5) is 12.3. The van der Waals surface area contributed by atoms with Crippen LogP contribution in [0.1, 0.15) is 44.0 Å². The van der Waals surface area contributed by atoms with Gasteiger partial charge in [0, 0.05) is 17.5 Å². The van der Waals surface area contributed by atoms with Gasteiger partial charge in [-0.1, -0.05) is 37.0 Å². The third-order valence-corrected chi connectivity index (χ3v) is 3.55. The fourth-order valence-electron chi connectivity index (χ4n) is 1.86. The van der Waals surface area contributed by atoms with Crippen molar-refractivity contribution in [2.75, 3.05) is 6.61 Å². The van der Waals surface area contributed by atoms with E-state index >= 15 is 0 Å². The summed E-state index contributed by atoms with van der Waals surface area (Å²) in [6, 6.07) is 3.22. The van der Waals surface area contributed by atoms with Gasteiger partial charge in [0.05, 0.1) is 16.7 Å². The van der Waals surface area contributed by atoms with Gasteiger partial charge in [-0.05, 0) is 25.8 Å². The van der Waals surface area contributed by atoms with Crippen molar-refractivity contribution >= 4 is 29.0 Å². The zero-order valence-electron chi connectivity index (χ0n) is 10.9. The quantitative estimate of drug-likeness (QED) is 0.688. The molecule has 0 fully saturated rings. The summed E-state index contributed by atoms with van der Waals surface area (Å²) in [6.07, 6.45) is 1.60. The van der Waals surface area contributed by atoms with Gasteiger partial charge in [0.2, 0.25) is 0 Å². The molecular weight excluding hydrogens is 271 g/mol. The summed E-state index contributed by atoms with van der Waals surface area (Å²) < 4.78 is 5.34. The molecule has 0 aliphatic carbocycles. The van der Waals surface area contributed by atoms with Crippen molar-refractivity contribution in [3.63, 3.8) is 0 Å². The minimum Gasteiger partial charge on any atom is -0.492 e. The van der Waals surface area contributed by atoms with Crippen molar-refractivity contribution in [3.8, 4) is 5.75 Å². The molecule has 0 saturated carbocycles. The van der Waals surface area contributed by atoms with Crippen LogP contribution in [0.4, 0.5) is 0 Å². The lowest BCUT2D eigenvalue weighted by molar-refractivity contribution is 0.0913. The smallest absolute Gasteiger partial charge is 0.167 e. The summed E-state index contributed by atoms with van der Waals surface area (Å²) in [5.74, 6) is 0.566. The predicted molar refractivity (Wildman–Crippen MR) is 76.0 cm³/mol. The fraction of sp³-hybridized carbons (Fsp3) is 0.500. The Kier molecular flexibility index (Phi) is 5.97. The maximum atomic E-state index is 12.3. The van der Waals surface area contributed by atoms with E-state index in [1.165, 1.54) is 0 Å². The monoisotopic (exact) mass is 288 g/mol. The number of rotatable bonds is 6. The summed E-state index contributed by atoms with van der Waals surface area (Å²) in [5.41, 5.74) is 0.485. The van der Waals surface area contributed by atoms with E-state index < -0.39 is 0 Å². The van der Waals surface area contributed by atoms with Gasteiger partial charge in [-0.3, -0.25) is 4.79 Å². The lowest BCUT2D eigenvalue weighted by Crippen LogP contribution is -2.13. The molecule has 1 rings (SSSR count). The predicted octanol–water partition coefficient (Wildman–Crippen LogP) is 5.01. The molecule has 0 unspecified atom stereocenters. The molecule has 100 valence electrons. The first-order valence-corrected chi connectivity index (χ1v) is 6.96. The van der Waals surface area contributed by atoms with Crippen molar-refractivity contribution in [1.29, 1.82) is 0 Å². The Hall–Kier alpha value is -0.730. The van der Waals surface area contributed by atoms with Crippen LogP contribution >= 0.6 is 23.2 Å². The Morgan fingerprint density at radius 3 is 2.28 bits per heavy atom. The SMILES string of the molecule is CCOc1cc(Cl)c(C(=O)C(CC)CC)cc1Cl. The van der Waals surface area contributed by atoms with Crippen LogP contribution in [0, 0.1) is 5.92 Å². The molecule has 1 aromatic rings. The van der Waals surface area contributed by atoms with E-state index in [2.05, 4.69) is 0 Å². The van der Waals surface area contributed by atoms with Crippen LogP contribution in [0.25, 0.3) is 0 Å². The van der Waals surface area contributed by atoms with Crippen molar-refractivity contribution in [2.24, 2.45) is 5.92 Å². The molecule has 2 nitrogen and oxygen atoms in total. The molecule has 0 N–H and O–H groups in total. The number of carbonyl (C=O) groups is 1. The molecule has 4 heteroatoms. The molecule has 0 spiro atoms. The third-order valence-electron chi connectivity index (χ3n) is 2.94. The Bertz CT molecular complexity index is 426. The molecule has 0 aromatic heterocycles. The molecule has 0 amide bonds. The largest absolute Gasteiger partial charge is 0.492 e. The van der Waals surface area contributed by atoms with Gasteiger partial charge in [-0.2, -0.15) is 0 Å². The third kappa shape index (κ3) is 3.39. The van der Waals surface area contributed by atoms with E-state index in [4.69, 9.17) is 27.9 Å². The maximum absolute atomic E-state index is 12.3. The second-order valence-corrected chi connectivity index (χ2v) is 4.89. The highest BCUT2D eigenvalue weighted by molar-refractivity contribution is 6.36. The van der Waals surface area contributed by atoms with Gasteiger partial charge < -0.3 is 4.74 Å². The molecule has 0 atom stereocenters. The maximum Gasteiger partial charge on any atom is 0.167 e. The van der Waals surface area contributed by atoms with Gasteiger partial charge in [-0.15, -0.1) is 0 Å². The van der Waals surface area contributed by atoms with Gasteiger partial charge in [0.1, 0.15) is 5.75 Å². The lowest BCUT2D eigenvalue weighted by Gasteiger charge is -2.14. The van der Waals surface area contributed by atoms with Crippen LogP contribution in [0.15, 0.2) is 12.1 Å². The normalized spacial score (nSPS) is 10.8. The number of Topliss-reactive ketones (excluding diaryl/α,β-unsaturated/α-hetero) is 1. The number of ether oxygens (including phenoxy) is 1. The molecule has 1 aromatic carbocycles. The molecule has 0 aliphatic heterocycles. The lowest BCUT2D eigenvalue weighted by atomic mass is 9.93. The van der Waals surface area contributed by atoms with Crippen molar-refractivity contribution < 1.29 is 9.53 Å². The highest BCUT2D eigenvalue weighted by Crippen LogP contribution is 2.33. The molecule has 18 heavy (non-hydrogen) atoms. The zero-order valence-corrected chi connectivity index (χ0v) is 12.4. The summed E-state index contributed by atoms with van der Waals surface area (Å²) in [5, 5.41) is 0.829. The zero-order chi connectivity index (χ0) is 13.7. The van der Waals surface area contributed by atoms with E-state index in [0.29, 0.717) is 28.0 Å². The van der Waals surface area contributed by atoms with Crippen molar-refractivity contribution in [3.05, 3.63) is 27.7 Å². The first kappa shape index (κ1) is 15.3. The average molecular weight is 289 g/mol. The van der Waals surface area contributed by atoms with Crippen molar-refractivity contribution in [1.82, 2.24) is 0 Å². The summed E-state index contributed by atoms with van der Waals surface area (Å²) >= 11 is 12.2. The number of carbonyl (C=O) groups excluding carboxylic acids is 1. The van der Waals surface area contributed by atoms with Crippen molar-refractivity contribution in [2.45, 2.75) is 33.6 Å². The number of ketones is 1. The highest BCUT2D eigenvalue weighted by atomic mass is 35.5. The first-order valence-electron chi connectivity index (χ1n) is 6.21. The first-order chi connectivity index (χ1) is 8.54. The van der Waals surface area contributed by atoms with Gasteiger partial charge in [0.15, 0.2) is 5.78 Å². The van der Waals surface area contributed by atoms with E-state index in [1.807, 2.05) is 20.8 Å². The number of benzene rings is 1. The van der Waals surface area contributed by atoms with Gasteiger partial charge in [0.25, 0.3) is 0 Å². The van der Waals surface area contributed by atoms with E-state index in [9.17, 15) is 4.79 Å². The summed E-state index contributed by atoms with van der Waals surface area (Å²) in [7, 11) is 0. The topological polar surface area (TPSA) is 26.3 Å². The van der Waals surface area contributed by atoms with E-state index in [-0.39, 0.29) is 11.7 Å². The second-order valence-electron chi connectivity index (χ2n) is 4.07.